The number of phenolic OH excluding ortho intramolecular Hbond substituents is 1. The molecule has 0 aliphatic carbocycles. The summed E-state index contributed by atoms with van der Waals surface area (Å²) in [5.41, 5.74) is 0.379. The van der Waals surface area contributed by atoms with Crippen LogP contribution in [0.25, 0.3) is 11.0 Å². The summed E-state index contributed by atoms with van der Waals surface area (Å²) in [6, 6.07) is 9.94. The molecular weight excluding hydrogens is 380 g/mol. The monoisotopic (exact) mass is 398 g/mol. The lowest BCUT2D eigenvalue weighted by molar-refractivity contribution is -0.148. The fourth-order valence-electron chi connectivity index (χ4n) is 3.61. The van der Waals surface area contributed by atoms with Crippen LogP contribution in [-0.2, 0) is 9.53 Å². The molecule has 1 N–H and O–H groups in total. The zero-order valence-electron chi connectivity index (χ0n) is 15.9. The maximum Gasteiger partial charge on any atom is 0.348 e. The number of carbonyl (C=O) groups is 1. The van der Waals surface area contributed by atoms with Crippen molar-refractivity contribution >= 4 is 16.9 Å². The van der Waals surface area contributed by atoms with Crippen molar-refractivity contribution in [3.63, 3.8) is 0 Å². The molecule has 3 aromatic rings. The fraction of sp³-hybridized carbons (Fsp3) is 0.238. The molecule has 0 saturated carbocycles. The fourth-order valence-corrected chi connectivity index (χ4v) is 3.61. The molecule has 8 nitrogen and oxygen atoms in total. The van der Waals surface area contributed by atoms with Gasteiger partial charge in [0.1, 0.15) is 11.3 Å². The Labute approximate surface area is 165 Å². The predicted octanol–water partition coefficient (Wildman–Crippen LogP) is 2.58. The number of hydrogen-bond donors (Lipinski definition) is 1. The molecular formula is C21H18O8. The molecule has 0 fully saturated rings. The number of rotatable bonds is 4. The summed E-state index contributed by atoms with van der Waals surface area (Å²) in [7, 11) is 4.01. The molecule has 0 unspecified atom stereocenters. The van der Waals surface area contributed by atoms with Crippen LogP contribution in [0.1, 0.15) is 17.0 Å². The topological polar surface area (TPSA) is 104 Å². The molecule has 1 aliphatic rings. The number of para-hydroxylation sites is 1. The minimum atomic E-state index is -1.12. The van der Waals surface area contributed by atoms with Gasteiger partial charge in [0, 0.05) is 0 Å². The Morgan fingerprint density at radius 1 is 1.07 bits per heavy atom. The first-order chi connectivity index (χ1) is 14.0. The van der Waals surface area contributed by atoms with E-state index in [9.17, 15) is 14.7 Å². The van der Waals surface area contributed by atoms with Crippen LogP contribution in [0.15, 0.2) is 45.6 Å². The maximum absolute atomic E-state index is 12.8. The summed E-state index contributed by atoms with van der Waals surface area (Å²) < 4.78 is 26.7. The van der Waals surface area contributed by atoms with Gasteiger partial charge in [-0.05, 0) is 29.8 Å². The Morgan fingerprint density at radius 2 is 1.72 bits per heavy atom. The van der Waals surface area contributed by atoms with E-state index in [-0.39, 0.29) is 28.6 Å². The first-order valence-corrected chi connectivity index (χ1v) is 8.75. The highest BCUT2D eigenvalue weighted by atomic mass is 16.6. The second-order valence-electron chi connectivity index (χ2n) is 6.44. The lowest BCUT2D eigenvalue weighted by Crippen LogP contribution is -2.31. The average Bonchev–Trinajstić information content (AvgIpc) is 3.15. The third kappa shape index (κ3) is 2.84. The zero-order chi connectivity index (χ0) is 20.7. The van der Waals surface area contributed by atoms with E-state index in [2.05, 4.69) is 0 Å². The minimum Gasteiger partial charge on any atom is -0.502 e. The highest BCUT2D eigenvalue weighted by molar-refractivity contribution is 5.88. The van der Waals surface area contributed by atoms with E-state index >= 15 is 0 Å². The zero-order valence-corrected chi connectivity index (χ0v) is 15.9. The van der Waals surface area contributed by atoms with Crippen molar-refractivity contribution in [2.75, 3.05) is 21.3 Å². The number of ether oxygens (including phenoxy) is 4. The predicted molar refractivity (Wildman–Crippen MR) is 102 cm³/mol. The molecule has 0 radical (unpaired) electrons. The van der Waals surface area contributed by atoms with Crippen LogP contribution < -0.4 is 19.8 Å². The Kier molecular flexibility index (Phi) is 4.54. The number of benzene rings is 2. The molecule has 0 spiro atoms. The number of methoxy groups -OCH3 is 3. The van der Waals surface area contributed by atoms with Gasteiger partial charge in [0.25, 0.3) is 0 Å². The number of carbonyl (C=O) groups excluding carboxylic acids is 1. The molecule has 2 aromatic carbocycles. The van der Waals surface area contributed by atoms with Crippen molar-refractivity contribution in [2.45, 2.75) is 12.0 Å². The van der Waals surface area contributed by atoms with Gasteiger partial charge in [0.15, 0.2) is 11.5 Å². The third-order valence-corrected chi connectivity index (χ3v) is 4.95. The van der Waals surface area contributed by atoms with Crippen molar-refractivity contribution in [1.29, 1.82) is 0 Å². The number of hydrogen-bond acceptors (Lipinski definition) is 8. The number of phenols is 1. The molecule has 0 amide bonds. The number of esters is 1. The van der Waals surface area contributed by atoms with Gasteiger partial charge in [-0.15, -0.1) is 0 Å². The lowest BCUT2D eigenvalue weighted by atomic mass is 9.88. The van der Waals surface area contributed by atoms with Crippen LogP contribution >= 0.6 is 0 Å². The van der Waals surface area contributed by atoms with Crippen molar-refractivity contribution in [3.05, 3.63) is 57.9 Å². The lowest BCUT2D eigenvalue weighted by Gasteiger charge is -2.19. The van der Waals surface area contributed by atoms with Gasteiger partial charge >= 0.3 is 11.6 Å². The van der Waals surface area contributed by atoms with E-state index in [1.165, 1.54) is 33.5 Å². The number of aromatic hydroxyl groups is 1. The largest absolute Gasteiger partial charge is 0.502 e. The van der Waals surface area contributed by atoms with E-state index in [0.717, 1.165) is 0 Å². The van der Waals surface area contributed by atoms with Gasteiger partial charge < -0.3 is 28.5 Å². The second-order valence-corrected chi connectivity index (χ2v) is 6.44. The van der Waals surface area contributed by atoms with Crippen molar-refractivity contribution in [2.24, 2.45) is 0 Å². The number of fused-ring (bicyclic) bond motifs is 3. The Morgan fingerprint density at radius 3 is 2.34 bits per heavy atom. The Balaban J connectivity index is 2.01. The second kappa shape index (κ2) is 7.05. The molecule has 8 heteroatoms. The van der Waals surface area contributed by atoms with Gasteiger partial charge in [-0.1, -0.05) is 12.1 Å². The molecule has 29 heavy (non-hydrogen) atoms. The summed E-state index contributed by atoms with van der Waals surface area (Å²) >= 11 is 0. The quantitative estimate of drug-likeness (QED) is 0.528. The van der Waals surface area contributed by atoms with Gasteiger partial charge in [-0.2, -0.15) is 0 Å². The van der Waals surface area contributed by atoms with Crippen LogP contribution in [0, 0.1) is 0 Å². The Bertz CT molecular complexity index is 1140. The molecule has 150 valence electrons. The standard InChI is InChI=1S/C21H18O8/c1-25-13-8-10(9-14(26-2)17(13)22)15-16-18(29-19(15)21(24)27-3)11-6-4-5-7-12(11)28-20(16)23/h4-9,15,19,22H,1-3H3/t15-,19+/m0/s1. The van der Waals surface area contributed by atoms with E-state index in [4.69, 9.17) is 23.4 Å². The van der Waals surface area contributed by atoms with Crippen molar-refractivity contribution in [3.8, 4) is 23.0 Å². The molecule has 1 aromatic heterocycles. The van der Waals surface area contributed by atoms with Crippen LogP contribution in [-0.4, -0.2) is 38.5 Å². The SMILES string of the molecule is COC(=O)[C@@H]1Oc2c(c(=O)oc3ccccc23)[C@@H]1c1cc(OC)c(O)c(OC)c1. The van der Waals surface area contributed by atoms with Crippen molar-refractivity contribution < 1.29 is 33.3 Å². The summed E-state index contributed by atoms with van der Waals surface area (Å²) in [5.74, 6) is -1.17. The first kappa shape index (κ1) is 18.7. The van der Waals surface area contributed by atoms with Crippen molar-refractivity contribution in [1.82, 2.24) is 0 Å². The highest BCUT2D eigenvalue weighted by Crippen LogP contribution is 2.47. The van der Waals surface area contributed by atoms with E-state index in [1.54, 1.807) is 24.3 Å². The molecule has 2 heterocycles. The van der Waals surface area contributed by atoms with Crippen LogP contribution in [0.3, 0.4) is 0 Å². The minimum absolute atomic E-state index is 0.126. The van der Waals surface area contributed by atoms with E-state index < -0.39 is 23.6 Å². The van der Waals surface area contributed by atoms with Gasteiger partial charge in [0.05, 0.1) is 38.2 Å². The van der Waals surface area contributed by atoms with E-state index in [0.29, 0.717) is 16.5 Å². The molecule has 0 saturated heterocycles. The molecule has 4 rings (SSSR count). The van der Waals surface area contributed by atoms with Gasteiger partial charge in [-0.25, -0.2) is 9.59 Å². The van der Waals surface area contributed by atoms with Crippen LogP contribution in [0.4, 0.5) is 0 Å². The van der Waals surface area contributed by atoms with Gasteiger partial charge in [-0.3, -0.25) is 0 Å². The Hall–Kier alpha value is -3.68. The molecule has 1 aliphatic heterocycles. The maximum atomic E-state index is 12.8. The normalized spacial score (nSPS) is 17.5. The summed E-state index contributed by atoms with van der Waals surface area (Å²) in [6.07, 6.45) is -1.12. The van der Waals surface area contributed by atoms with E-state index in [1.807, 2.05) is 0 Å². The van der Waals surface area contributed by atoms with Gasteiger partial charge in [0.2, 0.25) is 11.9 Å². The summed E-state index contributed by atoms with van der Waals surface area (Å²) in [4.78, 5) is 25.3. The summed E-state index contributed by atoms with van der Waals surface area (Å²) in [5, 5.41) is 10.8. The van der Waals surface area contributed by atoms with Crippen LogP contribution in [0.2, 0.25) is 0 Å². The molecule has 2 atom stereocenters. The summed E-state index contributed by atoms with van der Waals surface area (Å²) in [6.45, 7) is 0. The molecule has 0 bridgehead atoms. The smallest absolute Gasteiger partial charge is 0.348 e. The average molecular weight is 398 g/mol. The highest BCUT2D eigenvalue weighted by Gasteiger charge is 2.45. The van der Waals surface area contributed by atoms with Crippen LogP contribution in [0.5, 0.6) is 23.0 Å². The third-order valence-electron chi connectivity index (χ3n) is 4.95. The first-order valence-electron chi connectivity index (χ1n) is 8.75.